The Hall–Kier alpha value is -2.79. The number of unbranched alkanes of at least 4 members (excludes halogenated alkanes) is 2. The molecular weight excluding hydrogens is 502 g/mol. The lowest BCUT2D eigenvalue weighted by molar-refractivity contribution is -0.128. The predicted molar refractivity (Wildman–Crippen MR) is 167 cm³/mol. The van der Waals surface area contributed by atoms with Crippen LogP contribution in [-0.4, -0.2) is 33.9 Å². The van der Waals surface area contributed by atoms with Gasteiger partial charge in [0, 0.05) is 0 Å². The van der Waals surface area contributed by atoms with E-state index in [1.54, 1.807) is 11.8 Å². The Kier molecular flexibility index (Phi) is 16.8. The van der Waals surface area contributed by atoms with Crippen LogP contribution < -0.4 is 0 Å². The van der Waals surface area contributed by atoms with Gasteiger partial charge in [0.1, 0.15) is 6.10 Å². The zero-order chi connectivity index (χ0) is 28.1. The average Bonchev–Trinajstić information content (AvgIpc) is 3.25. The third-order valence-corrected chi connectivity index (χ3v) is 7.99. The van der Waals surface area contributed by atoms with Crippen molar-refractivity contribution in [2.24, 2.45) is 0 Å². The highest BCUT2D eigenvalue weighted by molar-refractivity contribution is 8.00. The Balaban J connectivity index is 1.57. The summed E-state index contributed by atoms with van der Waals surface area (Å²) in [6.45, 7) is 6.05. The first-order valence-corrected chi connectivity index (χ1v) is 15.6. The number of carbonyl (C=O) groups is 2. The van der Waals surface area contributed by atoms with E-state index in [4.69, 9.17) is 4.74 Å². The van der Waals surface area contributed by atoms with Crippen molar-refractivity contribution in [3.05, 3.63) is 96.7 Å². The molecule has 212 valence electrons. The summed E-state index contributed by atoms with van der Waals surface area (Å²) in [5.74, 6) is 0.783. The lowest BCUT2D eigenvalue weighted by atomic mass is 10.0. The SMILES string of the molecule is CC/C=C\C/C=C\C/C=C\C/C=C\C/C=C\CCCCS[C@@H](CC)C(=O)N1C(=O)O[C@H](c2ccccc2)[C@@H]1C. The smallest absolute Gasteiger partial charge is 0.417 e. The van der Waals surface area contributed by atoms with E-state index in [1.165, 1.54) is 4.90 Å². The van der Waals surface area contributed by atoms with Gasteiger partial charge < -0.3 is 4.74 Å². The second-order valence-corrected chi connectivity index (χ2v) is 10.9. The van der Waals surface area contributed by atoms with Gasteiger partial charge in [-0.05, 0) is 76.0 Å². The number of hydrogen-bond acceptors (Lipinski definition) is 4. The fourth-order valence-electron chi connectivity index (χ4n) is 4.32. The summed E-state index contributed by atoms with van der Waals surface area (Å²) in [5.41, 5.74) is 0.921. The average molecular weight is 550 g/mol. The molecule has 0 aromatic heterocycles. The van der Waals surface area contributed by atoms with Crippen molar-refractivity contribution in [3.8, 4) is 0 Å². The molecule has 0 aliphatic carbocycles. The lowest BCUT2D eigenvalue weighted by Gasteiger charge is -2.23. The van der Waals surface area contributed by atoms with Crippen molar-refractivity contribution in [1.29, 1.82) is 0 Å². The highest BCUT2D eigenvalue weighted by Crippen LogP contribution is 2.34. The van der Waals surface area contributed by atoms with Gasteiger partial charge >= 0.3 is 6.09 Å². The van der Waals surface area contributed by atoms with Crippen molar-refractivity contribution in [2.75, 3.05) is 5.75 Å². The Bertz CT molecular complexity index is 979. The summed E-state index contributed by atoms with van der Waals surface area (Å²) >= 11 is 1.66. The van der Waals surface area contributed by atoms with Crippen molar-refractivity contribution in [1.82, 2.24) is 4.90 Å². The van der Waals surface area contributed by atoms with Crippen LogP contribution in [0.1, 0.15) is 90.2 Å². The van der Waals surface area contributed by atoms with Gasteiger partial charge in [-0.2, -0.15) is 0 Å². The van der Waals surface area contributed by atoms with E-state index in [-0.39, 0.29) is 17.2 Å². The number of nitrogens with zero attached hydrogens (tertiary/aromatic N) is 1. The minimum absolute atomic E-state index is 0.128. The zero-order valence-electron chi connectivity index (χ0n) is 24.0. The third kappa shape index (κ3) is 12.3. The fraction of sp³-hybridized carbons (Fsp3) is 0.471. The second kappa shape index (κ2) is 20.2. The maximum absolute atomic E-state index is 13.2. The predicted octanol–water partition coefficient (Wildman–Crippen LogP) is 9.53. The summed E-state index contributed by atoms with van der Waals surface area (Å²) in [7, 11) is 0. The standard InChI is InChI=1S/C34H47NO3S/c1-4-6-7-8-9-10-11-12-13-14-15-16-17-18-19-20-21-25-28-39-31(5-2)33(36)35-29(3)32(38-34(35)37)30-26-23-22-24-27-30/h6-7,9-10,12-13,15-16,18-19,22-24,26-27,29,31-32H,4-5,8,11,14,17,20-21,25,28H2,1-3H3/b7-6-,10-9-,13-12-,16-15-,19-18-/t29-,31-,32-/m0/s1. The first-order valence-electron chi connectivity index (χ1n) is 14.5. The first kappa shape index (κ1) is 32.4. The van der Waals surface area contributed by atoms with E-state index in [0.717, 1.165) is 62.7 Å². The van der Waals surface area contributed by atoms with Gasteiger partial charge in [-0.3, -0.25) is 4.79 Å². The largest absolute Gasteiger partial charge is 0.439 e. The monoisotopic (exact) mass is 549 g/mol. The number of hydrogen-bond donors (Lipinski definition) is 0. The summed E-state index contributed by atoms with van der Waals surface area (Å²) < 4.78 is 5.57. The van der Waals surface area contributed by atoms with E-state index in [9.17, 15) is 9.59 Å². The molecule has 1 heterocycles. The molecule has 0 radical (unpaired) electrons. The number of allylic oxidation sites excluding steroid dienone is 10. The lowest BCUT2D eigenvalue weighted by Crippen LogP contribution is -2.42. The van der Waals surface area contributed by atoms with E-state index in [0.29, 0.717) is 6.42 Å². The Morgan fingerprint density at radius 1 is 0.872 bits per heavy atom. The molecular formula is C34H47NO3S. The molecule has 0 spiro atoms. The van der Waals surface area contributed by atoms with Crippen LogP contribution >= 0.6 is 11.8 Å². The van der Waals surface area contributed by atoms with Crippen molar-refractivity contribution < 1.29 is 14.3 Å². The number of ether oxygens (including phenoxy) is 1. The zero-order valence-corrected chi connectivity index (χ0v) is 24.9. The molecule has 0 saturated carbocycles. The van der Waals surface area contributed by atoms with Crippen LogP contribution in [0.15, 0.2) is 91.1 Å². The third-order valence-electron chi connectivity index (χ3n) is 6.52. The summed E-state index contributed by atoms with van der Waals surface area (Å²) in [6.07, 6.45) is 30.2. The van der Waals surface area contributed by atoms with Crippen LogP contribution in [0.4, 0.5) is 4.79 Å². The molecule has 3 atom stereocenters. The van der Waals surface area contributed by atoms with Crippen LogP contribution in [-0.2, 0) is 9.53 Å². The van der Waals surface area contributed by atoms with Gasteiger partial charge in [0.2, 0.25) is 5.91 Å². The van der Waals surface area contributed by atoms with E-state index < -0.39 is 12.2 Å². The number of carbonyl (C=O) groups excluding carboxylic acids is 2. The first-order chi connectivity index (χ1) is 19.1. The van der Waals surface area contributed by atoms with Crippen molar-refractivity contribution >= 4 is 23.8 Å². The van der Waals surface area contributed by atoms with Gasteiger partial charge in [0.05, 0.1) is 11.3 Å². The number of thioether (sulfide) groups is 1. The van der Waals surface area contributed by atoms with Crippen LogP contribution in [0, 0.1) is 0 Å². The van der Waals surface area contributed by atoms with Crippen LogP contribution in [0.5, 0.6) is 0 Å². The molecule has 5 heteroatoms. The molecule has 1 aromatic rings. The normalized spacial score (nSPS) is 18.9. The fourth-order valence-corrected chi connectivity index (χ4v) is 5.47. The maximum atomic E-state index is 13.2. The number of cyclic esters (lactones) is 1. The van der Waals surface area contributed by atoms with Crippen molar-refractivity contribution in [3.63, 3.8) is 0 Å². The molecule has 1 fully saturated rings. The van der Waals surface area contributed by atoms with Crippen LogP contribution in [0.2, 0.25) is 0 Å². The van der Waals surface area contributed by atoms with Gasteiger partial charge in [-0.1, -0.05) is 105 Å². The number of amides is 2. The highest BCUT2D eigenvalue weighted by atomic mass is 32.2. The molecule has 1 saturated heterocycles. The summed E-state index contributed by atoms with van der Waals surface area (Å²) in [6, 6.07) is 9.34. The number of rotatable bonds is 18. The van der Waals surface area contributed by atoms with E-state index in [1.807, 2.05) is 44.2 Å². The Labute approximate surface area is 241 Å². The van der Waals surface area contributed by atoms with Gasteiger partial charge in [-0.15, -0.1) is 11.8 Å². The molecule has 1 aliphatic heterocycles. The molecule has 39 heavy (non-hydrogen) atoms. The Morgan fingerprint density at radius 3 is 2.00 bits per heavy atom. The maximum Gasteiger partial charge on any atom is 0.417 e. The van der Waals surface area contributed by atoms with Crippen molar-refractivity contribution in [2.45, 2.75) is 96.0 Å². The van der Waals surface area contributed by atoms with Gasteiger partial charge in [0.15, 0.2) is 0 Å². The van der Waals surface area contributed by atoms with Crippen LogP contribution in [0.25, 0.3) is 0 Å². The molecule has 0 bridgehead atoms. The second-order valence-electron chi connectivity index (χ2n) is 9.64. The summed E-state index contributed by atoms with van der Waals surface area (Å²) in [4.78, 5) is 27.0. The molecule has 2 rings (SSSR count). The molecule has 1 aliphatic rings. The molecule has 0 unspecified atom stereocenters. The summed E-state index contributed by atoms with van der Waals surface area (Å²) in [5, 5.41) is -0.219. The molecule has 0 N–H and O–H groups in total. The molecule has 1 aromatic carbocycles. The number of imide groups is 1. The quantitative estimate of drug-likeness (QED) is 0.135. The van der Waals surface area contributed by atoms with Gasteiger partial charge in [0.25, 0.3) is 0 Å². The minimum atomic E-state index is -0.529. The molecule has 4 nitrogen and oxygen atoms in total. The van der Waals surface area contributed by atoms with E-state index in [2.05, 4.69) is 67.7 Å². The minimum Gasteiger partial charge on any atom is -0.439 e. The Morgan fingerprint density at radius 2 is 1.44 bits per heavy atom. The van der Waals surface area contributed by atoms with E-state index >= 15 is 0 Å². The number of benzene rings is 1. The topological polar surface area (TPSA) is 46.6 Å². The molecule has 2 amide bonds. The van der Waals surface area contributed by atoms with Gasteiger partial charge in [-0.25, -0.2) is 9.69 Å². The highest BCUT2D eigenvalue weighted by Gasteiger charge is 2.44. The van der Waals surface area contributed by atoms with Crippen LogP contribution in [0.3, 0.4) is 0 Å².